The molecule has 126 valence electrons. The van der Waals surface area contributed by atoms with Crippen LogP contribution in [-0.4, -0.2) is 36.2 Å². The molecule has 3 nitrogen and oxygen atoms in total. The number of aromatic hydroxyl groups is 1. The summed E-state index contributed by atoms with van der Waals surface area (Å²) in [4.78, 5) is 2.43. The van der Waals surface area contributed by atoms with Crippen LogP contribution in [0.5, 0.6) is 5.75 Å². The predicted molar refractivity (Wildman–Crippen MR) is 94.8 cm³/mol. The Hall–Kier alpha value is -0.0700. The smallest absolute Gasteiger partial charge is 0.141 e. The number of hydrogen-bond donors (Lipinski definition) is 2. The van der Waals surface area contributed by atoms with Gasteiger partial charge in [0, 0.05) is 37.8 Å². The molecule has 2 fully saturated rings. The molecule has 22 heavy (non-hydrogen) atoms. The van der Waals surface area contributed by atoms with Gasteiger partial charge < -0.3 is 10.4 Å². The lowest BCUT2D eigenvalue weighted by molar-refractivity contribution is 0.0818. The van der Waals surface area contributed by atoms with Crippen molar-refractivity contribution in [3.63, 3.8) is 0 Å². The molecule has 0 unspecified atom stereocenters. The molecule has 2 aliphatic rings. The molecule has 7 heteroatoms. The van der Waals surface area contributed by atoms with Crippen LogP contribution in [0.15, 0.2) is 16.6 Å². The van der Waals surface area contributed by atoms with Crippen LogP contribution in [0.1, 0.15) is 30.9 Å². The first-order chi connectivity index (χ1) is 9.68. The van der Waals surface area contributed by atoms with E-state index in [1.807, 2.05) is 0 Å². The number of nitrogens with one attached hydrogen (secondary N) is 1. The number of benzene rings is 1. The normalized spacial score (nSPS) is 20.5. The van der Waals surface area contributed by atoms with Gasteiger partial charge in [-0.3, -0.25) is 4.90 Å². The standard InChI is InChI=1S/C15H20BrFN2O.2ClH/c16-13-12(17)5-4-11(15(13)20)14(10-2-1-3-10)19-8-6-18-7-9-19;;/h4-5,10,14,18,20H,1-3,6-9H2;2*1H/t14-;;/m0../s1. The average molecular weight is 416 g/mol. The van der Waals surface area contributed by atoms with Crippen LogP contribution in [0.3, 0.4) is 0 Å². The maximum atomic E-state index is 13.5. The van der Waals surface area contributed by atoms with Gasteiger partial charge in [-0.15, -0.1) is 24.8 Å². The topological polar surface area (TPSA) is 35.5 Å². The van der Waals surface area contributed by atoms with Gasteiger partial charge in [0.1, 0.15) is 11.6 Å². The van der Waals surface area contributed by atoms with E-state index in [0.29, 0.717) is 5.92 Å². The molecule has 3 rings (SSSR count). The molecular formula is C15H22BrCl2FN2O. The Kier molecular flexibility index (Phi) is 7.89. The van der Waals surface area contributed by atoms with Crippen molar-refractivity contribution >= 4 is 40.7 Å². The van der Waals surface area contributed by atoms with Gasteiger partial charge in [0.2, 0.25) is 0 Å². The van der Waals surface area contributed by atoms with Crippen molar-refractivity contribution in [2.45, 2.75) is 25.3 Å². The minimum Gasteiger partial charge on any atom is -0.506 e. The fourth-order valence-electron chi connectivity index (χ4n) is 3.26. The number of phenols is 1. The van der Waals surface area contributed by atoms with E-state index in [4.69, 9.17) is 0 Å². The molecule has 2 N–H and O–H groups in total. The Morgan fingerprint density at radius 3 is 2.41 bits per heavy atom. The van der Waals surface area contributed by atoms with Crippen LogP contribution >= 0.6 is 40.7 Å². The third-order valence-corrected chi connectivity index (χ3v) is 5.31. The van der Waals surface area contributed by atoms with E-state index in [2.05, 4.69) is 26.1 Å². The monoisotopic (exact) mass is 414 g/mol. The van der Waals surface area contributed by atoms with Crippen LogP contribution in [0.25, 0.3) is 0 Å². The van der Waals surface area contributed by atoms with Crippen molar-refractivity contribution in [1.29, 1.82) is 0 Å². The van der Waals surface area contributed by atoms with E-state index in [0.717, 1.165) is 31.7 Å². The van der Waals surface area contributed by atoms with Crippen molar-refractivity contribution in [1.82, 2.24) is 10.2 Å². The van der Waals surface area contributed by atoms with Gasteiger partial charge in [-0.1, -0.05) is 12.5 Å². The Balaban J connectivity index is 0.00000121. The van der Waals surface area contributed by atoms with E-state index in [9.17, 15) is 9.50 Å². The summed E-state index contributed by atoms with van der Waals surface area (Å²) in [6.07, 6.45) is 3.66. The molecule has 0 radical (unpaired) electrons. The van der Waals surface area contributed by atoms with E-state index < -0.39 is 5.82 Å². The Labute approximate surface area is 151 Å². The van der Waals surface area contributed by atoms with E-state index >= 15 is 0 Å². The Morgan fingerprint density at radius 1 is 1.23 bits per heavy atom. The molecule has 1 aromatic rings. The van der Waals surface area contributed by atoms with Crippen molar-refractivity contribution in [3.8, 4) is 5.75 Å². The average Bonchev–Trinajstić information content (AvgIpc) is 2.42. The summed E-state index contributed by atoms with van der Waals surface area (Å²) in [5.41, 5.74) is 0.866. The Bertz CT molecular complexity index is 497. The maximum absolute atomic E-state index is 13.5. The summed E-state index contributed by atoms with van der Waals surface area (Å²) in [6.45, 7) is 3.92. The fourth-order valence-corrected chi connectivity index (χ4v) is 3.62. The summed E-state index contributed by atoms with van der Waals surface area (Å²) in [5, 5.41) is 13.7. The molecule has 1 saturated carbocycles. The van der Waals surface area contributed by atoms with Crippen LogP contribution < -0.4 is 5.32 Å². The zero-order chi connectivity index (χ0) is 14.1. The summed E-state index contributed by atoms with van der Waals surface area (Å²) in [6, 6.07) is 3.41. The third kappa shape index (κ3) is 3.88. The lowest BCUT2D eigenvalue weighted by atomic mass is 9.76. The number of nitrogens with zero attached hydrogens (tertiary/aromatic N) is 1. The summed E-state index contributed by atoms with van der Waals surface area (Å²) >= 11 is 3.16. The second-order valence-corrected chi connectivity index (χ2v) is 6.51. The van der Waals surface area contributed by atoms with Crippen LogP contribution in [0, 0.1) is 11.7 Å². The van der Waals surface area contributed by atoms with Crippen LogP contribution in [-0.2, 0) is 0 Å². The van der Waals surface area contributed by atoms with E-state index in [1.54, 1.807) is 6.07 Å². The van der Waals surface area contributed by atoms with Crippen molar-refractivity contribution in [2.75, 3.05) is 26.2 Å². The predicted octanol–water partition coefficient (Wildman–Crippen LogP) is 3.88. The van der Waals surface area contributed by atoms with Crippen molar-refractivity contribution in [2.24, 2.45) is 5.92 Å². The number of piperazine rings is 1. The van der Waals surface area contributed by atoms with Crippen molar-refractivity contribution in [3.05, 3.63) is 28.0 Å². The van der Waals surface area contributed by atoms with Gasteiger partial charge in [-0.2, -0.15) is 0 Å². The molecule has 1 aliphatic heterocycles. The molecule has 0 amide bonds. The van der Waals surface area contributed by atoms with Crippen molar-refractivity contribution < 1.29 is 9.50 Å². The Morgan fingerprint density at radius 2 is 1.86 bits per heavy atom. The number of rotatable bonds is 3. The molecule has 0 aromatic heterocycles. The molecule has 1 saturated heterocycles. The lowest BCUT2D eigenvalue weighted by Crippen LogP contribution is -2.47. The van der Waals surface area contributed by atoms with Gasteiger partial charge in [0.15, 0.2) is 0 Å². The molecular weight excluding hydrogens is 394 g/mol. The molecule has 1 aliphatic carbocycles. The summed E-state index contributed by atoms with van der Waals surface area (Å²) < 4.78 is 13.7. The first-order valence-electron chi connectivity index (χ1n) is 7.30. The van der Waals surface area contributed by atoms with Gasteiger partial charge in [-0.25, -0.2) is 4.39 Å². The zero-order valence-corrected chi connectivity index (χ0v) is 15.4. The zero-order valence-electron chi connectivity index (χ0n) is 12.2. The minimum absolute atomic E-state index is 0. The van der Waals surface area contributed by atoms with E-state index in [-0.39, 0.29) is 41.1 Å². The molecule has 1 atom stereocenters. The second-order valence-electron chi connectivity index (χ2n) is 5.72. The highest BCUT2D eigenvalue weighted by Crippen LogP contribution is 2.46. The molecule has 0 spiro atoms. The van der Waals surface area contributed by atoms with E-state index in [1.165, 1.54) is 25.3 Å². The summed E-state index contributed by atoms with van der Waals surface area (Å²) in [7, 11) is 0. The number of hydrogen-bond acceptors (Lipinski definition) is 3. The second kappa shape index (κ2) is 8.69. The highest BCUT2D eigenvalue weighted by molar-refractivity contribution is 9.10. The minimum atomic E-state index is -0.404. The molecule has 0 bridgehead atoms. The number of phenolic OH excluding ortho intramolecular Hbond substituents is 1. The van der Waals surface area contributed by atoms with Crippen LogP contribution in [0.2, 0.25) is 0 Å². The van der Waals surface area contributed by atoms with Gasteiger partial charge in [0.25, 0.3) is 0 Å². The van der Waals surface area contributed by atoms with Crippen LogP contribution in [0.4, 0.5) is 4.39 Å². The third-order valence-electron chi connectivity index (χ3n) is 4.56. The van der Waals surface area contributed by atoms with Gasteiger partial charge in [-0.05, 0) is 40.8 Å². The maximum Gasteiger partial charge on any atom is 0.141 e. The lowest BCUT2D eigenvalue weighted by Gasteiger charge is -2.43. The summed E-state index contributed by atoms with van der Waals surface area (Å²) in [5.74, 6) is 0.246. The number of halogens is 4. The van der Waals surface area contributed by atoms with Gasteiger partial charge in [0.05, 0.1) is 4.47 Å². The first-order valence-corrected chi connectivity index (χ1v) is 8.09. The highest BCUT2D eigenvalue weighted by Gasteiger charge is 2.35. The largest absolute Gasteiger partial charge is 0.506 e. The quantitative estimate of drug-likeness (QED) is 0.786. The first kappa shape index (κ1) is 20.0. The fraction of sp³-hybridized carbons (Fsp3) is 0.600. The highest BCUT2D eigenvalue weighted by atomic mass is 79.9. The molecule has 1 heterocycles. The SMILES string of the molecule is Cl.Cl.Oc1c([C@H](C2CCC2)N2CCNCC2)ccc(F)c1Br. The van der Waals surface area contributed by atoms with Gasteiger partial charge >= 0.3 is 0 Å². The molecule has 1 aromatic carbocycles.